The number of rotatable bonds is 7. The molecule has 0 saturated carbocycles. The standard InChI is InChI=1S/C25H23F6N5O/c1-3-14(4-7-20(22(32)37)15-5-6-16-13-35-36-21(16)10-15)12-34-23(33-2)17-8-18(24(26,27)28)11-19(9-17)25(29,30)31/h5-13H,3-4H2,1-2H3,(H2,32,37)(H,33,34)(H,35,36). The lowest BCUT2D eigenvalue weighted by Gasteiger charge is -2.15. The molecule has 0 saturated heterocycles. The number of nitrogens with one attached hydrogen (secondary N) is 2. The van der Waals surface area contributed by atoms with Crippen LogP contribution in [0.4, 0.5) is 26.3 Å². The average molecular weight is 523 g/mol. The molecule has 3 aromatic rings. The number of benzene rings is 2. The van der Waals surface area contributed by atoms with Crippen molar-refractivity contribution in [1.29, 1.82) is 0 Å². The second-order valence-electron chi connectivity index (χ2n) is 8.03. The first-order valence-electron chi connectivity index (χ1n) is 11.0. The number of carbonyl (C=O) groups excluding carboxylic acids is 1. The quantitative estimate of drug-likeness (QED) is 0.158. The number of carbonyl (C=O) groups is 1. The second-order valence-corrected chi connectivity index (χ2v) is 8.03. The maximum Gasteiger partial charge on any atom is 0.416 e. The van der Waals surface area contributed by atoms with E-state index in [4.69, 9.17) is 5.73 Å². The zero-order valence-corrected chi connectivity index (χ0v) is 19.8. The van der Waals surface area contributed by atoms with Gasteiger partial charge >= 0.3 is 12.4 Å². The topological polar surface area (TPSA) is 96.2 Å². The Hall–Kier alpha value is -4.09. The molecule has 12 heteroatoms. The summed E-state index contributed by atoms with van der Waals surface area (Å²) in [5.74, 6) is -0.854. The van der Waals surface area contributed by atoms with Gasteiger partial charge in [0.25, 0.3) is 0 Å². The van der Waals surface area contributed by atoms with Crippen molar-refractivity contribution in [2.24, 2.45) is 10.7 Å². The maximum atomic E-state index is 13.2. The zero-order chi connectivity index (χ0) is 27.4. The highest BCUT2D eigenvalue weighted by Gasteiger charge is 2.37. The molecule has 0 unspecified atom stereocenters. The fraction of sp³-hybridized carbons (Fsp3) is 0.240. The Kier molecular flexibility index (Phi) is 8.09. The minimum Gasteiger partial charge on any atom is -0.366 e. The molecule has 6 nitrogen and oxygen atoms in total. The van der Waals surface area contributed by atoms with Crippen LogP contribution in [0.5, 0.6) is 0 Å². The first kappa shape index (κ1) is 27.5. The van der Waals surface area contributed by atoms with Gasteiger partial charge in [0.15, 0.2) is 0 Å². The molecule has 2 aromatic carbocycles. The molecule has 4 N–H and O–H groups in total. The maximum absolute atomic E-state index is 13.2. The van der Waals surface area contributed by atoms with Gasteiger partial charge in [-0.05, 0) is 42.7 Å². The molecule has 1 amide bonds. The van der Waals surface area contributed by atoms with Crippen LogP contribution in [0.2, 0.25) is 0 Å². The fourth-order valence-corrected chi connectivity index (χ4v) is 3.54. The molecular weight excluding hydrogens is 500 g/mol. The normalized spacial score (nSPS) is 13.8. The molecule has 0 aliphatic rings. The highest BCUT2D eigenvalue weighted by atomic mass is 19.4. The van der Waals surface area contributed by atoms with Gasteiger partial charge in [-0.1, -0.05) is 30.7 Å². The molecule has 0 fully saturated rings. The molecule has 196 valence electrons. The fourth-order valence-electron chi connectivity index (χ4n) is 3.54. The largest absolute Gasteiger partial charge is 0.416 e. The molecule has 3 rings (SSSR count). The van der Waals surface area contributed by atoms with Crippen LogP contribution in [0.3, 0.4) is 0 Å². The van der Waals surface area contributed by atoms with Gasteiger partial charge < -0.3 is 11.1 Å². The van der Waals surface area contributed by atoms with E-state index in [9.17, 15) is 31.1 Å². The number of aliphatic imine (C=N–C) groups is 1. The van der Waals surface area contributed by atoms with Crippen molar-refractivity contribution >= 4 is 28.2 Å². The van der Waals surface area contributed by atoms with Gasteiger partial charge in [-0.3, -0.25) is 14.9 Å². The van der Waals surface area contributed by atoms with E-state index in [2.05, 4.69) is 20.5 Å². The van der Waals surface area contributed by atoms with Crippen molar-refractivity contribution in [3.8, 4) is 0 Å². The van der Waals surface area contributed by atoms with Gasteiger partial charge in [-0.25, -0.2) is 0 Å². The van der Waals surface area contributed by atoms with E-state index in [0.717, 1.165) is 5.39 Å². The van der Waals surface area contributed by atoms with Crippen LogP contribution in [0, 0.1) is 0 Å². The monoisotopic (exact) mass is 523 g/mol. The number of aromatic nitrogens is 2. The minimum atomic E-state index is -4.98. The van der Waals surface area contributed by atoms with E-state index in [1.807, 2.05) is 0 Å². The average Bonchev–Trinajstić information content (AvgIpc) is 3.30. The molecule has 1 aromatic heterocycles. The molecular formula is C25H23F6N5O. The Labute approximate surface area is 208 Å². The van der Waals surface area contributed by atoms with E-state index in [0.29, 0.717) is 35.2 Å². The predicted molar refractivity (Wildman–Crippen MR) is 128 cm³/mol. The predicted octanol–water partition coefficient (Wildman–Crippen LogP) is 5.82. The number of alkyl halides is 6. The van der Waals surface area contributed by atoms with Gasteiger partial charge in [0.05, 0.1) is 22.8 Å². The number of nitrogens with zero attached hydrogens (tertiary/aromatic N) is 2. The number of amidine groups is 1. The third-order valence-electron chi connectivity index (χ3n) is 5.54. The van der Waals surface area contributed by atoms with Crippen LogP contribution in [-0.4, -0.2) is 29.0 Å². The van der Waals surface area contributed by atoms with Crippen LogP contribution in [0.15, 0.2) is 65.4 Å². The van der Waals surface area contributed by atoms with Crippen molar-refractivity contribution < 1.29 is 31.1 Å². The number of allylic oxidation sites excluding steroid dienone is 2. The summed E-state index contributed by atoms with van der Waals surface area (Å²) in [6.07, 6.45) is -4.60. The first-order chi connectivity index (χ1) is 17.3. The molecule has 0 atom stereocenters. The summed E-state index contributed by atoms with van der Waals surface area (Å²) in [6, 6.07) is 6.47. The van der Waals surface area contributed by atoms with Crippen LogP contribution in [-0.2, 0) is 17.1 Å². The molecule has 0 radical (unpaired) electrons. The van der Waals surface area contributed by atoms with Crippen molar-refractivity contribution in [3.05, 3.63) is 82.7 Å². The van der Waals surface area contributed by atoms with Crippen LogP contribution in [0.1, 0.15) is 42.0 Å². The smallest absolute Gasteiger partial charge is 0.366 e. The first-order valence-corrected chi connectivity index (χ1v) is 11.0. The second kappa shape index (κ2) is 10.9. The number of halogens is 6. The van der Waals surface area contributed by atoms with E-state index in [1.54, 1.807) is 37.4 Å². The Morgan fingerprint density at radius 2 is 1.70 bits per heavy atom. The lowest BCUT2D eigenvalue weighted by Crippen LogP contribution is -2.22. The van der Waals surface area contributed by atoms with Gasteiger partial charge in [0, 0.05) is 29.8 Å². The number of nitrogens with two attached hydrogens (primary N) is 1. The SMILES string of the molecule is CCC(=CNC(=NC)c1cc(C(F)(F)F)cc(C(F)(F)F)c1)CC=C(C(N)=O)c1ccc2cn[nH]c2c1. The van der Waals surface area contributed by atoms with Gasteiger partial charge in [-0.2, -0.15) is 31.4 Å². The summed E-state index contributed by atoms with van der Waals surface area (Å²) in [6.45, 7) is 1.80. The van der Waals surface area contributed by atoms with Crippen LogP contribution in [0.25, 0.3) is 16.5 Å². The van der Waals surface area contributed by atoms with Gasteiger partial charge in [0.1, 0.15) is 5.84 Å². The summed E-state index contributed by atoms with van der Waals surface area (Å²) in [5, 5.41) is 10.3. The highest BCUT2D eigenvalue weighted by Crippen LogP contribution is 2.36. The third kappa shape index (κ3) is 6.78. The Morgan fingerprint density at radius 3 is 2.24 bits per heavy atom. The van der Waals surface area contributed by atoms with E-state index in [-0.39, 0.29) is 29.5 Å². The third-order valence-corrected chi connectivity index (χ3v) is 5.54. The van der Waals surface area contributed by atoms with Crippen LogP contribution < -0.4 is 11.1 Å². The molecule has 37 heavy (non-hydrogen) atoms. The van der Waals surface area contributed by atoms with Gasteiger partial charge in [-0.15, -0.1) is 0 Å². The Morgan fingerprint density at radius 1 is 1.05 bits per heavy atom. The minimum absolute atomic E-state index is 0.0564. The number of hydrogen-bond donors (Lipinski definition) is 3. The van der Waals surface area contributed by atoms with Crippen molar-refractivity contribution in [3.63, 3.8) is 0 Å². The zero-order valence-electron chi connectivity index (χ0n) is 19.8. The van der Waals surface area contributed by atoms with Crippen LogP contribution >= 0.6 is 0 Å². The number of amides is 1. The number of aromatic amines is 1. The van der Waals surface area contributed by atoms with Gasteiger partial charge in [0.2, 0.25) is 5.91 Å². The summed E-state index contributed by atoms with van der Waals surface area (Å²) < 4.78 is 79.4. The van der Waals surface area contributed by atoms with E-state index < -0.39 is 29.4 Å². The highest BCUT2D eigenvalue weighted by molar-refractivity contribution is 6.19. The number of H-pyrrole nitrogens is 1. The number of hydrogen-bond acceptors (Lipinski definition) is 3. The molecule has 1 heterocycles. The number of fused-ring (bicyclic) bond motifs is 1. The summed E-state index contributed by atoms with van der Waals surface area (Å²) in [5.41, 5.74) is 4.50. The van der Waals surface area contributed by atoms with Crippen molar-refractivity contribution in [1.82, 2.24) is 15.5 Å². The summed E-state index contributed by atoms with van der Waals surface area (Å²) in [4.78, 5) is 15.9. The van der Waals surface area contributed by atoms with Crippen molar-refractivity contribution in [2.45, 2.75) is 32.1 Å². The Bertz CT molecular complexity index is 1350. The lowest BCUT2D eigenvalue weighted by molar-refractivity contribution is -0.143. The Balaban J connectivity index is 1.89. The molecule has 0 aliphatic heterocycles. The molecule has 0 aliphatic carbocycles. The number of primary amides is 1. The lowest BCUT2D eigenvalue weighted by atomic mass is 10.0. The van der Waals surface area contributed by atoms with Crippen molar-refractivity contribution in [2.75, 3.05) is 7.05 Å². The summed E-state index contributed by atoms with van der Waals surface area (Å²) in [7, 11) is 1.24. The molecule has 0 spiro atoms. The van der Waals surface area contributed by atoms with E-state index >= 15 is 0 Å². The molecule has 0 bridgehead atoms. The summed E-state index contributed by atoms with van der Waals surface area (Å²) >= 11 is 0. The van der Waals surface area contributed by atoms with E-state index in [1.165, 1.54) is 13.2 Å².